The number of ether oxygens (including phenoxy) is 1. The highest BCUT2D eigenvalue weighted by molar-refractivity contribution is 6.07. The summed E-state index contributed by atoms with van der Waals surface area (Å²) in [5, 5.41) is 6.14. The van der Waals surface area contributed by atoms with Gasteiger partial charge in [0, 0.05) is 11.6 Å². The SMILES string of the molecule is CCOC(=O)c1nn(-c2ccc(F)cc2)c(=O)cc1NC(=O)c1cccc(C(F)(F)F)c1. The zero-order valence-corrected chi connectivity index (χ0v) is 16.4. The molecule has 0 radical (unpaired) electrons. The zero-order chi connectivity index (χ0) is 23.5. The van der Waals surface area contributed by atoms with Crippen molar-refractivity contribution in [1.82, 2.24) is 9.78 Å². The summed E-state index contributed by atoms with van der Waals surface area (Å²) in [7, 11) is 0. The molecular weight excluding hydrogens is 434 g/mol. The van der Waals surface area contributed by atoms with Crippen LogP contribution < -0.4 is 10.9 Å². The number of alkyl halides is 3. The van der Waals surface area contributed by atoms with E-state index < -0.39 is 40.7 Å². The van der Waals surface area contributed by atoms with Crippen molar-refractivity contribution in [3.63, 3.8) is 0 Å². The number of nitrogens with one attached hydrogen (secondary N) is 1. The van der Waals surface area contributed by atoms with Gasteiger partial charge in [0.2, 0.25) is 0 Å². The lowest BCUT2D eigenvalue weighted by Crippen LogP contribution is -2.27. The van der Waals surface area contributed by atoms with Crippen LogP contribution in [0.2, 0.25) is 0 Å². The maximum absolute atomic E-state index is 13.2. The van der Waals surface area contributed by atoms with Crippen molar-refractivity contribution >= 4 is 17.6 Å². The van der Waals surface area contributed by atoms with Gasteiger partial charge < -0.3 is 10.1 Å². The Labute approximate surface area is 178 Å². The third kappa shape index (κ3) is 4.99. The molecule has 3 aromatic rings. The fourth-order valence-corrected chi connectivity index (χ4v) is 2.70. The molecule has 32 heavy (non-hydrogen) atoms. The monoisotopic (exact) mass is 449 g/mol. The minimum atomic E-state index is -4.66. The molecule has 1 aromatic heterocycles. The molecule has 0 saturated carbocycles. The van der Waals surface area contributed by atoms with E-state index in [0.29, 0.717) is 6.07 Å². The molecule has 0 aliphatic heterocycles. The molecule has 0 unspecified atom stereocenters. The van der Waals surface area contributed by atoms with E-state index in [1.54, 1.807) is 0 Å². The van der Waals surface area contributed by atoms with Crippen LogP contribution in [-0.4, -0.2) is 28.3 Å². The van der Waals surface area contributed by atoms with Gasteiger partial charge >= 0.3 is 12.1 Å². The molecule has 2 aromatic carbocycles. The minimum Gasteiger partial charge on any atom is -0.461 e. The average Bonchev–Trinajstić information content (AvgIpc) is 2.74. The van der Waals surface area contributed by atoms with Gasteiger partial charge in [-0.25, -0.2) is 9.18 Å². The molecule has 0 spiro atoms. The molecule has 1 amide bonds. The van der Waals surface area contributed by atoms with Gasteiger partial charge in [-0.15, -0.1) is 0 Å². The van der Waals surface area contributed by atoms with Gasteiger partial charge in [-0.1, -0.05) is 6.07 Å². The molecule has 3 rings (SSSR count). The summed E-state index contributed by atoms with van der Waals surface area (Å²) in [4.78, 5) is 37.4. The van der Waals surface area contributed by atoms with E-state index in [0.717, 1.165) is 41.1 Å². The van der Waals surface area contributed by atoms with Crippen LogP contribution in [0.3, 0.4) is 0 Å². The summed E-state index contributed by atoms with van der Waals surface area (Å²) >= 11 is 0. The van der Waals surface area contributed by atoms with Gasteiger partial charge in [-0.05, 0) is 49.4 Å². The van der Waals surface area contributed by atoms with Gasteiger partial charge in [0.1, 0.15) is 5.82 Å². The number of amides is 1. The van der Waals surface area contributed by atoms with Crippen LogP contribution in [0.1, 0.15) is 33.3 Å². The van der Waals surface area contributed by atoms with Gasteiger partial charge in [-0.2, -0.15) is 23.0 Å². The summed E-state index contributed by atoms with van der Waals surface area (Å²) in [5.74, 6) is -2.54. The van der Waals surface area contributed by atoms with Crippen molar-refractivity contribution in [1.29, 1.82) is 0 Å². The van der Waals surface area contributed by atoms with E-state index >= 15 is 0 Å². The summed E-state index contributed by atoms with van der Waals surface area (Å²) in [6.45, 7) is 1.48. The van der Waals surface area contributed by atoms with Crippen LogP contribution in [0.25, 0.3) is 5.69 Å². The van der Waals surface area contributed by atoms with Gasteiger partial charge in [0.05, 0.1) is 23.5 Å². The molecule has 0 atom stereocenters. The molecule has 0 saturated heterocycles. The highest BCUT2D eigenvalue weighted by atomic mass is 19.4. The lowest BCUT2D eigenvalue weighted by atomic mass is 10.1. The molecule has 11 heteroatoms. The molecular formula is C21H15F4N3O4. The number of hydrogen-bond acceptors (Lipinski definition) is 5. The number of carbonyl (C=O) groups is 2. The Hall–Kier alpha value is -4.02. The van der Waals surface area contributed by atoms with Gasteiger partial charge in [0.15, 0.2) is 5.69 Å². The van der Waals surface area contributed by atoms with Crippen LogP contribution in [0.5, 0.6) is 0 Å². The Kier molecular flexibility index (Phi) is 6.37. The van der Waals surface area contributed by atoms with Crippen molar-refractivity contribution in [3.05, 3.63) is 87.6 Å². The van der Waals surface area contributed by atoms with E-state index in [9.17, 15) is 31.9 Å². The van der Waals surface area contributed by atoms with E-state index in [1.807, 2.05) is 0 Å². The minimum absolute atomic E-state index is 0.0444. The first-order valence-corrected chi connectivity index (χ1v) is 9.16. The summed E-state index contributed by atoms with van der Waals surface area (Å²) in [6, 6.07) is 9.15. The molecule has 1 heterocycles. The third-order valence-corrected chi connectivity index (χ3v) is 4.17. The van der Waals surface area contributed by atoms with Crippen LogP contribution in [0.4, 0.5) is 23.2 Å². The smallest absolute Gasteiger partial charge is 0.416 e. The maximum atomic E-state index is 13.2. The molecule has 0 fully saturated rings. The van der Waals surface area contributed by atoms with Crippen molar-refractivity contribution < 1.29 is 31.9 Å². The molecule has 1 N–H and O–H groups in total. The Bertz CT molecular complexity index is 1220. The van der Waals surface area contributed by atoms with Crippen LogP contribution in [-0.2, 0) is 10.9 Å². The number of carbonyl (C=O) groups excluding carboxylic acids is 2. The zero-order valence-electron chi connectivity index (χ0n) is 16.4. The molecule has 0 aliphatic carbocycles. The van der Waals surface area contributed by atoms with E-state index in [4.69, 9.17) is 4.74 Å². The standard InChI is InChI=1S/C21H15F4N3O4/c1-2-32-20(31)18-16(11-17(29)28(27-18)15-8-6-14(22)7-9-15)26-19(30)12-4-3-5-13(10-12)21(23,24)25/h3-11H,2H2,1H3,(H,26,30). The number of nitrogens with zero attached hydrogens (tertiary/aromatic N) is 2. The quantitative estimate of drug-likeness (QED) is 0.473. The van der Waals surface area contributed by atoms with Crippen LogP contribution >= 0.6 is 0 Å². The van der Waals surface area contributed by atoms with E-state index in [2.05, 4.69) is 10.4 Å². The van der Waals surface area contributed by atoms with Gasteiger partial charge in [0.25, 0.3) is 11.5 Å². The Morgan fingerprint density at radius 2 is 1.78 bits per heavy atom. The highest BCUT2D eigenvalue weighted by Crippen LogP contribution is 2.29. The van der Waals surface area contributed by atoms with Crippen molar-refractivity contribution in [2.24, 2.45) is 0 Å². The number of aromatic nitrogens is 2. The predicted molar refractivity (Wildman–Crippen MR) is 105 cm³/mol. The van der Waals surface area contributed by atoms with Crippen LogP contribution in [0.15, 0.2) is 59.4 Å². The Balaban J connectivity index is 2.03. The van der Waals surface area contributed by atoms with E-state index in [-0.39, 0.29) is 23.5 Å². The van der Waals surface area contributed by atoms with Crippen molar-refractivity contribution in [2.75, 3.05) is 11.9 Å². The average molecular weight is 449 g/mol. The Morgan fingerprint density at radius 1 is 1.09 bits per heavy atom. The maximum Gasteiger partial charge on any atom is 0.416 e. The largest absolute Gasteiger partial charge is 0.461 e. The lowest BCUT2D eigenvalue weighted by Gasteiger charge is -2.13. The number of esters is 1. The fraction of sp³-hybridized carbons (Fsp3) is 0.143. The number of benzene rings is 2. The lowest BCUT2D eigenvalue weighted by molar-refractivity contribution is -0.137. The molecule has 0 aliphatic rings. The summed E-state index contributed by atoms with van der Waals surface area (Å²) in [5.41, 5.74) is -2.86. The number of hydrogen-bond donors (Lipinski definition) is 1. The second-order valence-corrected chi connectivity index (χ2v) is 6.39. The first-order chi connectivity index (χ1) is 15.1. The third-order valence-electron chi connectivity index (χ3n) is 4.17. The Morgan fingerprint density at radius 3 is 2.41 bits per heavy atom. The highest BCUT2D eigenvalue weighted by Gasteiger charge is 2.31. The molecule has 7 nitrogen and oxygen atoms in total. The molecule has 166 valence electrons. The first-order valence-electron chi connectivity index (χ1n) is 9.16. The van der Waals surface area contributed by atoms with Crippen LogP contribution in [0, 0.1) is 5.82 Å². The van der Waals surface area contributed by atoms with E-state index in [1.165, 1.54) is 19.1 Å². The number of halogens is 4. The van der Waals surface area contributed by atoms with Crippen molar-refractivity contribution in [2.45, 2.75) is 13.1 Å². The second-order valence-electron chi connectivity index (χ2n) is 6.39. The number of rotatable bonds is 5. The summed E-state index contributed by atoms with van der Waals surface area (Å²) in [6.07, 6.45) is -4.66. The van der Waals surface area contributed by atoms with Crippen molar-refractivity contribution in [3.8, 4) is 5.69 Å². The second kappa shape index (κ2) is 9.00. The number of anilines is 1. The van der Waals surface area contributed by atoms with Gasteiger partial charge in [-0.3, -0.25) is 9.59 Å². The first kappa shape index (κ1) is 22.7. The topological polar surface area (TPSA) is 90.3 Å². The normalized spacial score (nSPS) is 11.2. The molecule has 0 bridgehead atoms. The predicted octanol–water partition coefficient (Wildman–Crippen LogP) is 3.82. The summed E-state index contributed by atoms with van der Waals surface area (Å²) < 4.78 is 57.6. The fourth-order valence-electron chi connectivity index (χ4n) is 2.70.